The van der Waals surface area contributed by atoms with Gasteiger partial charge in [-0.15, -0.1) is 11.3 Å². The van der Waals surface area contributed by atoms with Crippen LogP contribution < -0.4 is 5.32 Å². The molecule has 114 valence electrons. The van der Waals surface area contributed by atoms with E-state index in [1.807, 2.05) is 42.8 Å². The molecule has 0 fully saturated rings. The van der Waals surface area contributed by atoms with Crippen LogP contribution in [-0.4, -0.2) is 35.4 Å². The van der Waals surface area contributed by atoms with Crippen LogP contribution in [0.25, 0.3) is 5.57 Å². The van der Waals surface area contributed by atoms with Crippen LogP contribution >= 0.6 is 11.3 Å². The molecule has 2 aromatic rings. The maximum Gasteiger partial charge on any atom is 0.238 e. The lowest BCUT2D eigenvalue weighted by atomic mass is 10.1. The fraction of sp³-hybridized carbons (Fsp3) is 0.294. The van der Waals surface area contributed by atoms with Crippen molar-refractivity contribution in [1.29, 1.82) is 0 Å². The minimum atomic E-state index is 0.0386. The average molecular weight is 313 g/mol. The average Bonchev–Trinajstić information content (AvgIpc) is 3.02. The van der Waals surface area contributed by atoms with Crippen LogP contribution in [0.2, 0.25) is 0 Å². The fourth-order valence-electron chi connectivity index (χ4n) is 2.56. The van der Waals surface area contributed by atoms with Gasteiger partial charge in [0.2, 0.25) is 5.91 Å². The van der Waals surface area contributed by atoms with E-state index in [0.29, 0.717) is 6.54 Å². The maximum atomic E-state index is 12.1. The number of thiazole rings is 1. The molecule has 3 rings (SSSR count). The van der Waals surface area contributed by atoms with E-state index < -0.39 is 0 Å². The molecule has 0 atom stereocenters. The summed E-state index contributed by atoms with van der Waals surface area (Å²) < 4.78 is 0. The van der Waals surface area contributed by atoms with Crippen LogP contribution in [0.3, 0.4) is 0 Å². The summed E-state index contributed by atoms with van der Waals surface area (Å²) in [6.07, 6.45) is 4.97. The minimum absolute atomic E-state index is 0.0386. The van der Waals surface area contributed by atoms with Gasteiger partial charge in [-0.2, -0.15) is 0 Å². The van der Waals surface area contributed by atoms with Crippen molar-refractivity contribution in [1.82, 2.24) is 9.88 Å². The monoisotopic (exact) mass is 313 g/mol. The molecular weight excluding hydrogens is 294 g/mol. The zero-order valence-corrected chi connectivity index (χ0v) is 13.4. The number of amides is 1. The molecule has 0 saturated carbocycles. The Balaban J connectivity index is 1.53. The van der Waals surface area contributed by atoms with Crippen molar-refractivity contribution in [2.24, 2.45) is 0 Å². The molecule has 0 unspecified atom stereocenters. The van der Waals surface area contributed by atoms with E-state index in [-0.39, 0.29) is 5.91 Å². The first kappa shape index (κ1) is 14.9. The first-order valence-electron chi connectivity index (χ1n) is 7.38. The van der Waals surface area contributed by atoms with Crippen LogP contribution in [0.4, 0.5) is 5.69 Å². The number of anilines is 1. The van der Waals surface area contributed by atoms with Crippen molar-refractivity contribution in [2.75, 3.05) is 25.0 Å². The van der Waals surface area contributed by atoms with Crippen molar-refractivity contribution < 1.29 is 4.79 Å². The summed E-state index contributed by atoms with van der Waals surface area (Å²) >= 11 is 1.67. The highest BCUT2D eigenvalue weighted by atomic mass is 32.1. The van der Waals surface area contributed by atoms with E-state index in [2.05, 4.69) is 21.3 Å². The highest BCUT2D eigenvalue weighted by Crippen LogP contribution is 2.23. The standard InChI is InChI=1S/C17H19N3OS/c1-13-3-2-4-15(11-13)19-16(21)12-20-8-5-14(6-9-20)17-18-7-10-22-17/h2-5,7,10-11H,6,8-9,12H2,1H3,(H,19,21). The first-order chi connectivity index (χ1) is 10.7. The Hall–Kier alpha value is -1.98. The third kappa shape index (κ3) is 3.81. The van der Waals surface area contributed by atoms with Gasteiger partial charge in [-0.05, 0) is 36.6 Å². The van der Waals surface area contributed by atoms with Crippen LogP contribution in [0.5, 0.6) is 0 Å². The molecule has 0 spiro atoms. The topological polar surface area (TPSA) is 45.2 Å². The van der Waals surface area contributed by atoms with Gasteiger partial charge < -0.3 is 5.32 Å². The van der Waals surface area contributed by atoms with Gasteiger partial charge in [0.15, 0.2) is 0 Å². The smallest absolute Gasteiger partial charge is 0.238 e. The van der Waals surface area contributed by atoms with Crippen molar-refractivity contribution >= 4 is 28.5 Å². The highest BCUT2D eigenvalue weighted by molar-refractivity contribution is 7.10. The fourth-order valence-corrected chi connectivity index (χ4v) is 3.27. The lowest BCUT2D eigenvalue weighted by Crippen LogP contribution is -2.36. The van der Waals surface area contributed by atoms with Crippen LogP contribution in [0, 0.1) is 6.92 Å². The largest absolute Gasteiger partial charge is 0.325 e. The SMILES string of the molecule is Cc1cccc(NC(=O)CN2CC=C(c3nccs3)CC2)c1. The predicted molar refractivity (Wildman–Crippen MR) is 91.0 cm³/mol. The highest BCUT2D eigenvalue weighted by Gasteiger charge is 2.16. The lowest BCUT2D eigenvalue weighted by molar-refractivity contribution is -0.117. The zero-order valence-electron chi connectivity index (χ0n) is 12.6. The van der Waals surface area contributed by atoms with Gasteiger partial charge in [0.25, 0.3) is 0 Å². The molecule has 0 bridgehead atoms. The van der Waals surface area contributed by atoms with Crippen molar-refractivity contribution in [3.63, 3.8) is 0 Å². The number of rotatable bonds is 4. The molecule has 1 aliphatic rings. The second-order valence-corrected chi connectivity index (χ2v) is 6.36. The van der Waals surface area contributed by atoms with Gasteiger partial charge in [-0.1, -0.05) is 18.2 Å². The van der Waals surface area contributed by atoms with Crippen molar-refractivity contribution in [2.45, 2.75) is 13.3 Å². The summed E-state index contributed by atoms with van der Waals surface area (Å²) in [6, 6.07) is 7.87. The van der Waals surface area contributed by atoms with E-state index in [1.54, 1.807) is 11.3 Å². The summed E-state index contributed by atoms with van der Waals surface area (Å²) in [5, 5.41) is 6.06. The summed E-state index contributed by atoms with van der Waals surface area (Å²) in [5.74, 6) is 0.0386. The molecule has 5 heteroatoms. The predicted octanol–water partition coefficient (Wildman–Crippen LogP) is 3.18. The Labute approximate surface area is 134 Å². The number of aryl methyl sites for hydroxylation is 1. The first-order valence-corrected chi connectivity index (χ1v) is 8.26. The number of nitrogens with one attached hydrogen (secondary N) is 1. The summed E-state index contributed by atoms with van der Waals surface area (Å²) in [6.45, 7) is 4.14. The molecule has 1 amide bonds. The molecule has 1 aromatic carbocycles. The van der Waals surface area contributed by atoms with Crippen LogP contribution in [0.15, 0.2) is 41.9 Å². The van der Waals surface area contributed by atoms with E-state index in [4.69, 9.17) is 0 Å². The second-order valence-electron chi connectivity index (χ2n) is 5.47. The molecule has 1 N–H and O–H groups in total. The number of carbonyl (C=O) groups excluding carboxylic acids is 1. The number of carbonyl (C=O) groups is 1. The number of benzene rings is 1. The van der Waals surface area contributed by atoms with Gasteiger partial charge >= 0.3 is 0 Å². The molecule has 22 heavy (non-hydrogen) atoms. The van der Waals surface area contributed by atoms with E-state index in [9.17, 15) is 4.79 Å². The molecular formula is C17H19N3OS. The lowest BCUT2D eigenvalue weighted by Gasteiger charge is -2.25. The van der Waals surface area contributed by atoms with Crippen molar-refractivity contribution in [3.05, 3.63) is 52.5 Å². The number of hydrogen-bond donors (Lipinski definition) is 1. The molecule has 1 aromatic heterocycles. The Morgan fingerprint density at radius 3 is 3.05 bits per heavy atom. The summed E-state index contributed by atoms with van der Waals surface area (Å²) in [5.41, 5.74) is 3.30. The Morgan fingerprint density at radius 2 is 2.36 bits per heavy atom. The Bertz CT molecular complexity index is 679. The van der Waals surface area contributed by atoms with Gasteiger partial charge in [0, 0.05) is 30.4 Å². The summed E-state index contributed by atoms with van der Waals surface area (Å²) in [7, 11) is 0. The Morgan fingerprint density at radius 1 is 1.45 bits per heavy atom. The quantitative estimate of drug-likeness (QED) is 0.943. The molecule has 0 aliphatic carbocycles. The molecule has 0 radical (unpaired) electrons. The summed E-state index contributed by atoms with van der Waals surface area (Å²) in [4.78, 5) is 18.6. The van der Waals surface area contributed by atoms with Gasteiger partial charge in [0.1, 0.15) is 5.01 Å². The van der Waals surface area contributed by atoms with Gasteiger partial charge in [-0.25, -0.2) is 4.98 Å². The molecule has 2 heterocycles. The molecule has 0 saturated heterocycles. The zero-order chi connectivity index (χ0) is 15.4. The molecule has 1 aliphatic heterocycles. The maximum absolute atomic E-state index is 12.1. The third-order valence-corrected chi connectivity index (χ3v) is 4.52. The van der Waals surface area contributed by atoms with Crippen LogP contribution in [-0.2, 0) is 4.79 Å². The normalized spacial score (nSPS) is 15.4. The van der Waals surface area contributed by atoms with Gasteiger partial charge in [-0.3, -0.25) is 9.69 Å². The van der Waals surface area contributed by atoms with E-state index >= 15 is 0 Å². The van der Waals surface area contributed by atoms with Crippen LogP contribution in [0.1, 0.15) is 17.0 Å². The van der Waals surface area contributed by atoms with E-state index in [1.165, 1.54) is 5.57 Å². The van der Waals surface area contributed by atoms with E-state index in [0.717, 1.165) is 35.8 Å². The second kappa shape index (κ2) is 6.85. The third-order valence-electron chi connectivity index (χ3n) is 3.67. The molecule has 4 nitrogen and oxygen atoms in total. The number of nitrogens with zero attached hydrogens (tertiary/aromatic N) is 2. The number of hydrogen-bond acceptors (Lipinski definition) is 4. The Kier molecular flexibility index (Phi) is 4.65. The number of aromatic nitrogens is 1. The van der Waals surface area contributed by atoms with Crippen molar-refractivity contribution in [3.8, 4) is 0 Å². The van der Waals surface area contributed by atoms with Gasteiger partial charge in [0.05, 0.1) is 6.54 Å². The minimum Gasteiger partial charge on any atom is -0.325 e.